The maximum atomic E-state index is 5.82. The second-order valence-electron chi connectivity index (χ2n) is 5.61. The van der Waals surface area contributed by atoms with E-state index in [1.807, 2.05) is 13.0 Å². The number of aromatic nitrogens is 2. The van der Waals surface area contributed by atoms with Crippen LogP contribution < -0.4 is 22.5 Å². The minimum absolute atomic E-state index is 0. The van der Waals surface area contributed by atoms with Crippen LogP contribution in [0.2, 0.25) is 0 Å². The Morgan fingerprint density at radius 1 is 1.04 bits per heavy atom. The number of benzene rings is 2. The molecule has 0 fully saturated rings. The number of nitrogens with zero attached hydrogens (tertiary/aromatic N) is 2. The fourth-order valence-electron chi connectivity index (χ4n) is 2.72. The molecule has 26 heavy (non-hydrogen) atoms. The van der Waals surface area contributed by atoms with E-state index < -0.39 is 0 Å². The maximum absolute atomic E-state index is 5.82. The van der Waals surface area contributed by atoms with Gasteiger partial charge in [0.15, 0.2) is 5.16 Å². The Labute approximate surface area is 165 Å². The molecule has 4 nitrogen and oxygen atoms in total. The van der Waals surface area contributed by atoms with Gasteiger partial charge < -0.3 is 22.5 Å². The summed E-state index contributed by atoms with van der Waals surface area (Å²) >= 11 is 1.69. The highest BCUT2D eigenvalue weighted by Gasteiger charge is 2.08. The normalized spacial score (nSPS) is 10.5. The molecular formula is C20H23ClN3OS-. The number of halogens is 1. The Hall–Kier alpha value is -1.82. The van der Waals surface area contributed by atoms with Gasteiger partial charge in [0, 0.05) is 30.3 Å². The third-order valence-electron chi connectivity index (χ3n) is 3.87. The predicted molar refractivity (Wildman–Crippen MR) is 104 cm³/mol. The smallest absolute Gasteiger partial charge is 0.187 e. The van der Waals surface area contributed by atoms with Gasteiger partial charge in [0.2, 0.25) is 0 Å². The molecule has 1 aromatic heterocycles. The molecule has 0 spiro atoms. The van der Waals surface area contributed by atoms with E-state index in [-0.39, 0.29) is 12.4 Å². The highest BCUT2D eigenvalue weighted by molar-refractivity contribution is 7.99. The largest absolute Gasteiger partial charge is 1.00 e. The summed E-state index contributed by atoms with van der Waals surface area (Å²) in [5.74, 6) is 1.98. The molecule has 6 heteroatoms. The Morgan fingerprint density at radius 3 is 2.65 bits per heavy atom. The van der Waals surface area contributed by atoms with Crippen LogP contribution in [0.25, 0.3) is 10.8 Å². The molecule has 0 aliphatic heterocycles. The van der Waals surface area contributed by atoms with Gasteiger partial charge >= 0.3 is 0 Å². The van der Waals surface area contributed by atoms with Crippen LogP contribution in [0.4, 0.5) is 0 Å². The van der Waals surface area contributed by atoms with E-state index in [4.69, 9.17) is 4.74 Å². The molecule has 0 saturated carbocycles. The average Bonchev–Trinajstić information content (AvgIpc) is 2.66. The molecule has 0 atom stereocenters. The van der Waals surface area contributed by atoms with Crippen LogP contribution in [0.1, 0.15) is 18.9 Å². The first-order valence-electron chi connectivity index (χ1n) is 8.62. The molecule has 2 aromatic carbocycles. The van der Waals surface area contributed by atoms with Crippen LogP contribution in [0.3, 0.4) is 0 Å². The number of ether oxygens (including phenoxy) is 1. The molecule has 0 radical (unpaired) electrons. The summed E-state index contributed by atoms with van der Waals surface area (Å²) in [6.07, 6.45) is 4.63. The first kappa shape index (κ1) is 20.5. The minimum Gasteiger partial charge on any atom is -1.00 e. The topological polar surface area (TPSA) is 47.0 Å². The first-order valence-corrected chi connectivity index (χ1v) is 9.61. The minimum atomic E-state index is 0. The summed E-state index contributed by atoms with van der Waals surface area (Å²) < 4.78 is 5.82. The summed E-state index contributed by atoms with van der Waals surface area (Å²) in [5.41, 5.74) is 1.24. The molecule has 0 saturated heterocycles. The van der Waals surface area contributed by atoms with E-state index in [1.54, 1.807) is 24.2 Å². The van der Waals surface area contributed by atoms with E-state index in [0.29, 0.717) is 6.61 Å². The monoisotopic (exact) mass is 388 g/mol. The molecule has 138 valence electrons. The first-order chi connectivity index (χ1) is 12.4. The van der Waals surface area contributed by atoms with Gasteiger partial charge in [-0.15, -0.1) is 0 Å². The van der Waals surface area contributed by atoms with Crippen molar-refractivity contribution in [1.29, 1.82) is 0 Å². The molecule has 0 amide bonds. The van der Waals surface area contributed by atoms with Crippen LogP contribution in [-0.2, 0) is 6.54 Å². The van der Waals surface area contributed by atoms with Gasteiger partial charge in [0.25, 0.3) is 0 Å². The lowest BCUT2D eigenvalue weighted by Crippen LogP contribution is -3.00. The van der Waals surface area contributed by atoms with Crippen molar-refractivity contribution in [2.45, 2.75) is 25.0 Å². The molecule has 3 aromatic rings. The van der Waals surface area contributed by atoms with Crippen LogP contribution >= 0.6 is 11.8 Å². The van der Waals surface area contributed by atoms with Gasteiger partial charge in [0.05, 0.1) is 6.61 Å². The highest BCUT2D eigenvalue weighted by Crippen LogP contribution is 2.28. The molecule has 0 unspecified atom stereocenters. The van der Waals surface area contributed by atoms with Crippen LogP contribution in [0.15, 0.2) is 60.0 Å². The van der Waals surface area contributed by atoms with Crippen LogP contribution in [0.5, 0.6) is 5.75 Å². The van der Waals surface area contributed by atoms with Crippen molar-refractivity contribution < 1.29 is 17.1 Å². The van der Waals surface area contributed by atoms with Gasteiger partial charge in [-0.25, -0.2) is 9.97 Å². The van der Waals surface area contributed by atoms with Crippen molar-refractivity contribution in [3.8, 4) is 5.75 Å². The summed E-state index contributed by atoms with van der Waals surface area (Å²) in [7, 11) is 0. The molecule has 1 N–H and O–H groups in total. The van der Waals surface area contributed by atoms with Gasteiger partial charge in [-0.1, -0.05) is 42.1 Å². The zero-order valence-electron chi connectivity index (χ0n) is 14.8. The molecule has 1 heterocycles. The lowest BCUT2D eigenvalue weighted by Gasteiger charge is -2.14. The van der Waals surface area contributed by atoms with E-state index in [0.717, 1.165) is 36.2 Å². The number of hydrogen-bond donors (Lipinski definition) is 1. The third-order valence-corrected chi connectivity index (χ3v) is 4.83. The Kier molecular flexibility index (Phi) is 8.68. The SMILES string of the molecule is CCOc1ccc2ccccc2c1CNCCCSc1ncccn1.[Cl-]. The van der Waals surface area contributed by atoms with Gasteiger partial charge in [-0.3, -0.25) is 0 Å². The van der Waals surface area contributed by atoms with Crippen molar-refractivity contribution in [3.63, 3.8) is 0 Å². The molecule has 0 aliphatic carbocycles. The Bertz CT molecular complexity index is 801. The van der Waals surface area contributed by atoms with Crippen molar-refractivity contribution in [2.75, 3.05) is 18.9 Å². The Balaban J connectivity index is 0.00000243. The third kappa shape index (κ3) is 5.59. The van der Waals surface area contributed by atoms with E-state index >= 15 is 0 Å². The standard InChI is InChI=1S/C20H23N3OS.ClH/c1-2-24-19-10-9-16-7-3-4-8-17(16)18(19)15-21-11-6-14-25-20-22-12-5-13-23-20;/h3-5,7-10,12-13,21H,2,6,11,14-15H2,1H3;1H/p-1. The lowest BCUT2D eigenvalue weighted by atomic mass is 10.0. The van der Waals surface area contributed by atoms with Gasteiger partial charge in [-0.2, -0.15) is 0 Å². The average molecular weight is 389 g/mol. The van der Waals surface area contributed by atoms with E-state index in [9.17, 15) is 0 Å². The summed E-state index contributed by atoms with van der Waals surface area (Å²) in [5, 5.41) is 6.89. The number of fused-ring (bicyclic) bond motifs is 1. The quantitative estimate of drug-likeness (QED) is 0.340. The second kappa shape index (κ2) is 11.0. The summed E-state index contributed by atoms with van der Waals surface area (Å²) in [4.78, 5) is 8.45. The van der Waals surface area contributed by atoms with Gasteiger partial charge in [-0.05, 0) is 42.8 Å². The van der Waals surface area contributed by atoms with Crippen LogP contribution in [-0.4, -0.2) is 28.9 Å². The maximum Gasteiger partial charge on any atom is 0.187 e. The van der Waals surface area contributed by atoms with Gasteiger partial charge in [0.1, 0.15) is 5.75 Å². The molecular weight excluding hydrogens is 366 g/mol. The van der Waals surface area contributed by atoms with Crippen LogP contribution in [0, 0.1) is 0 Å². The van der Waals surface area contributed by atoms with Crippen molar-refractivity contribution >= 4 is 22.5 Å². The number of hydrogen-bond acceptors (Lipinski definition) is 5. The zero-order valence-corrected chi connectivity index (χ0v) is 16.4. The lowest BCUT2D eigenvalue weighted by molar-refractivity contribution is -0.00000565. The van der Waals surface area contributed by atoms with E-state index in [1.165, 1.54) is 16.3 Å². The fourth-order valence-corrected chi connectivity index (χ4v) is 3.47. The van der Waals surface area contributed by atoms with E-state index in [2.05, 4.69) is 51.7 Å². The second-order valence-corrected chi connectivity index (χ2v) is 6.67. The van der Waals surface area contributed by atoms with Crippen molar-refractivity contribution in [2.24, 2.45) is 0 Å². The summed E-state index contributed by atoms with van der Waals surface area (Å²) in [6, 6.07) is 14.5. The van der Waals surface area contributed by atoms with Crippen molar-refractivity contribution in [1.82, 2.24) is 15.3 Å². The molecule has 0 bridgehead atoms. The highest BCUT2D eigenvalue weighted by atomic mass is 35.5. The predicted octanol–water partition coefficient (Wildman–Crippen LogP) is 1.30. The zero-order chi connectivity index (χ0) is 17.3. The van der Waals surface area contributed by atoms with Crippen molar-refractivity contribution in [3.05, 3.63) is 60.4 Å². The molecule has 0 aliphatic rings. The number of rotatable bonds is 9. The summed E-state index contributed by atoms with van der Waals surface area (Å²) in [6.45, 7) is 4.46. The number of thioether (sulfide) groups is 1. The molecule has 3 rings (SSSR count). The number of nitrogens with one attached hydrogen (secondary N) is 1. The fraction of sp³-hybridized carbons (Fsp3) is 0.300. The Morgan fingerprint density at radius 2 is 1.85 bits per heavy atom.